The van der Waals surface area contributed by atoms with Crippen LogP contribution >= 0.6 is 0 Å². The summed E-state index contributed by atoms with van der Waals surface area (Å²) in [5.74, 6) is 0.788. The highest BCUT2D eigenvalue weighted by Gasteiger charge is 2.19. The van der Waals surface area contributed by atoms with Crippen molar-refractivity contribution in [1.29, 1.82) is 0 Å². The van der Waals surface area contributed by atoms with Gasteiger partial charge in [-0.05, 0) is 66.4 Å². The predicted molar refractivity (Wildman–Crippen MR) is 105 cm³/mol. The first-order valence-electron chi connectivity index (χ1n) is 9.33. The molecule has 1 N–H and O–H groups in total. The second-order valence-corrected chi connectivity index (χ2v) is 6.86. The van der Waals surface area contributed by atoms with Crippen molar-refractivity contribution >= 4 is 23.6 Å². The second kappa shape index (κ2) is 7.66. The van der Waals surface area contributed by atoms with Crippen LogP contribution in [-0.4, -0.2) is 36.4 Å². The van der Waals surface area contributed by atoms with Crippen LogP contribution in [0.5, 0.6) is 5.75 Å². The lowest BCUT2D eigenvalue weighted by molar-refractivity contribution is -0.111. The molecule has 1 fully saturated rings. The maximum atomic E-state index is 12.3. The minimum atomic E-state index is -0.203. The molecule has 2 aliphatic rings. The Morgan fingerprint density at radius 2 is 1.81 bits per heavy atom. The smallest absolute Gasteiger partial charge is 0.253 e. The summed E-state index contributed by atoms with van der Waals surface area (Å²) < 4.78 is 5.49. The van der Waals surface area contributed by atoms with Gasteiger partial charge in [0.2, 0.25) is 5.91 Å². The van der Waals surface area contributed by atoms with Gasteiger partial charge in [-0.2, -0.15) is 0 Å². The Hall–Kier alpha value is -3.08. The SMILES string of the molecule is O=C(/C=C/c1ccc2c(c1)CCO2)Nc1ccc(C(=O)N2CCCC2)cc1. The van der Waals surface area contributed by atoms with E-state index in [4.69, 9.17) is 4.74 Å². The van der Waals surface area contributed by atoms with Crippen molar-refractivity contribution in [3.8, 4) is 5.75 Å². The Morgan fingerprint density at radius 3 is 2.59 bits per heavy atom. The van der Waals surface area contributed by atoms with Gasteiger partial charge in [-0.3, -0.25) is 9.59 Å². The van der Waals surface area contributed by atoms with E-state index in [1.807, 2.05) is 23.1 Å². The van der Waals surface area contributed by atoms with Crippen molar-refractivity contribution in [3.05, 3.63) is 65.2 Å². The first kappa shape index (κ1) is 17.3. The molecule has 2 aliphatic heterocycles. The Labute approximate surface area is 158 Å². The minimum absolute atomic E-state index is 0.0610. The summed E-state index contributed by atoms with van der Waals surface area (Å²) >= 11 is 0. The summed E-state index contributed by atoms with van der Waals surface area (Å²) in [7, 11) is 0. The molecule has 0 bridgehead atoms. The molecular weight excluding hydrogens is 340 g/mol. The van der Waals surface area contributed by atoms with E-state index < -0.39 is 0 Å². The topological polar surface area (TPSA) is 58.6 Å². The van der Waals surface area contributed by atoms with Crippen LogP contribution in [0.25, 0.3) is 6.08 Å². The molecule has 2 aromatic carbocycles. The van der Waals surface area contributed by atoms with Crippen LogP contribution in [0.3, 0.4) is 0 Å². The number of rotatable bonds is 4. The van der Waals surface area contributed by atoms with Crippen LogP contribution in [0.1, 0.15) is 34.3 Å². The number of benzene rings is 2. The average molecular weight is 362 g/mol. The van der Waals surface area contributed by atoms with Gasteiger partial charge in [0.1, 0.15) is 5.75 Å². The molecule has 1 saturated heterocycles. The van der Waals surface area contributed by atoms with E-state index in [1.165, 1.54) is 11.6 Å². The number of likely N-dealkylation sites (tertiary alicyclic amines) is 1. The van der Waals surface area contributed by atoms with Crippen molar-refractivity contribution < 1.29 is 14.3 Å². The fourth-order valence-electron chi connectivity index (χ4n) is 3.46. The van der Waals surface area contributed by atoms with Gasteiger partial charge >= 0.3 is 0 Å². The quantitative estimate of drug-likeness (QED) is 0.847. The van der Waals surface area contributed by atoms with Crippen molar-refractivity contribution in [2.24, 2.45) is 0 Å². The van der Waals surface area contributed by atoms with Crippen LogP contribution in [0.4, 0.5) is 5.69 Å². The third-order valence-electron chi connectivity index (χ3n) is 4.93. The lowest BCUT2D eigenvalue weighted by atomic mass is 10.1. The molecule has 138 valence electrons. The van der Waals surface area contributed by atoms with Gasteiger partial charge in [0.25, 0.3) is 5.91 Å². The lowest BCUT2D eigenvalue weighted by Gasteiger charge is -2.15. The molecule has 5 nitrogen and oxygen atoms in total. The van der Waals surface area contributed by atoms with E-state index >= 15 is 0 Å². The van der Waals surface area contributed by atoms with Gasteiger partial charge in [-0.1, -0.05) is 6.07 Å². The molecule has 0 saturated carbocycles. The Kier molecular flexibility index (Phi) is 4.92. The second-order valence-electron chi connectivity index (χ2n) is 6.86. The highest BCUT2D eigenvalue weighted by molar-refractivity contribution is 6.02. The van der Waals surface area contributed by atoms with Crippen molar-refractivity contribution in [3.63, 3.8) is 0 Å². The fourth-order valence-corrected chi connectivity index (χ4v) is 3.46. The van der Waals surface area contributed by atoms with Gasteiger partial charge in [-0.15, -0.1) is 0 Å². The van der Waals surface area contributed by atoms with Gasteiger partial charge in [0, 0.05) is 36.8 Å². The average Bonchev–Trinajstić information content (AvgIpc) is 3.38. The Balaban J connectivity index is 1.35. The zero-order valence-corrected chi connectivity index (χ0v) is 15.1. The van der Waals surface area contributed by atoms with Gasteiger partial charge in [0.05, 0.1) is 6.61 Å². The van der Waals surface area contributed by atoms with Crippen LogP contribution in [-0.2, 0) is 11.2 Å². The molecule has 2 aromatic rings. The zero-order valence-electron chi connectivity index (χ0n) is 15.1. The predicted octanol–water partition coefficient (Wildman–Crippen LogP) is 3.51. The van der Waals surface area contributed by atoms with Crippen molar-refractivity contribution in [2.45, 2.75) is 19.3 Å². The van der Waals surface area contributed by atoms with Crippen molar-refractivity contribution in [2.75, 3.05) is 25.0 Å². The zero-order chi connectivity index (χ0) is 18.6. The number of amides is 2. The van der Waals surface area contributed by atoms with Gasteiger partial charge in [0.15, 0.2) is 0 Å². The Morgan fingerprint density at radius 1 is 1.04 bits per heavy atom. The van der Waals surface area contributed by atoms with E-state index in [-0.39, 0.29) is 11.8 Å². The summed E-state index contributed by atoms with van der Waals surface area (Å²) in [6.07, 6.45) is 6.36. The van der Waals surface area contributed by atoms with E-state index in [9.17, 15) is 9.59 Å². The fraction of sp³-hybridized carbons (Fsp3) is 0.273. The monoisotopic (exact) mass is 362 g/mol. The number of hydrogen-bond acceptors (Lipinski definition) is 3. The third-order valence-corrected chi connectivity index (χ3v) is 4.93. The maximum Gasteiger partial charge on any atom is 0.253 e. The summed E-state index contributed by atoms with van der Waals surface area (Å²) in [5, 5.41) is 2.82. The van der Waals surface area contributed by atoms with Crippen LogP contribution < -0.4 is 10.1 Å². The molecule has 0 atom stereocenters. The highest BCUT2D eigenvalue weighted by atomic mass is 16.5. The van der Waals surface area contributed by atoms with E-state index in [0.717, 1.165) is 50.3 Å². The molecule has 2 amide bonds. The molecule has 0 radical (unpaired) electrons. The molecular formula is C22H22N2O3. The number of fused-ring (bicyclic) bond motifs is 1. The first-order chi connectivity index (χ1) is 13.2. The molecule has 4 rings (SSSR count). The third kappa shape index (κ3) is 4.03. The summed E-state index contributed by atoms with van der Waals surface area (Å²) in [5.41, 5.74) is 3.48. The number of nitrogens with zero attached hydrogens (tertiary/aromatic N) is 1. The van der Waals surface area contributed by atoms with Crippen LogP contribution in [0, 0.1) is 0 Å². The number of nitrogens with one attached hydrogen (secondary N) is 1. The van der Waals surface area contributed by atoms with E-state index in [1.54, 1.807) is 30.3 Å². The lowest BCUT2D eigenvalue weighted by Crippen LogP contribution is -2.27. The highest BCUT2D eigenvalue weighted by Crippen LogP contribution is 2.26. The van der Waals surface area contributed by atoms with E-state index in [2.05, 4.69) is 5.32 Å². The van der Waals surface area contributed by atoms with Crippen molar-refractivity contribution in [1.82, 2.24) is 4.90 Å². The molecule has 27 heavy (non-hydrogen) atoms. The van der Waals surface area contributed by atoms with Crippen LogP contribution in [0.15, 0.2) is 48.5 Å². The normalized spacial score (nSPS) is 15.6. The number of ether oxygens (including phenoxy) is 1. The van der Waals surface area contributed by atoms with Gasteiger partial charge < -0.3 is 15.0 Å². The van der Waals surface area contributed by atoms with Gasteiger partial charge in [-0.25, -0.2) is 0 Å². The minimum Gasteiger partial charge on any atom is -0.493 e. The van der Waals surface area contributed by atoms with E-state index in [0.29, 0.717) is 11.3 Å². The number of anilines is 1. The number of carbonyl (C=O) groups excluding carboxylic acids is 2. The molecule has 0 aromatic heterocycles. The molecule has 2 heterocycles. The summed E-state index contributed by atoms with van der Waals surface area (Å²) in [4.78, 5) is 26.4. The summed E-state index contributed by atoms with van der Waals surface area (Å²) in [6, 6.07) is 13.0. The van der Waals surface area contributed by atoms with Crippen LogP contribution in [0.2, 0.25) is 0 Å². The standard InChI is InChI=1S/C22H22N2O3/c25-21(10-4-16-3-9-20-18(15-16)11-14-27-20)23-19-7-5-17(6-8-19)22(26)24-12-1-2-13-24/h3-10,15H,1-2,11-14H2,(H,23,25)/b10-4+. The molecule has 0 unspecified atom stereocenters. The number of hydrogen-bond donors (Lipinski definition) is 1. The molecule has 5 heteroatoms. The first-order valence-corrected chi connectivity index (χ1v) is 9.33. The Bertz CT molecular complexity index is 881. The number of carbonyl (C=O) groups is 2. The molecule has 0 aliphatic carbocycles. The molecule has 0 spiro atoms. The largest absolute Gasteiger partial charge is 0.493 e. The maximum absolute atomic E-state index is 12.3. The summed E-state index contributed by atoms with van der Waals surface area (Å²) in [6.45, 7) is 2.38.